The quantitative estimate of drug-likeness (QED) is 0.657. The van der Waals surface area contributed by atoms with Crippen molar-refractivity contribution in [1.29, 1.82) is 0 Å². The van der Waals surface area contributed by atoms with Crippen molar-refractivity contribution >= 4 is 33.5 Å². The van der Waals surface area contributed by atoms with Gasteiger partial charge in [0.1, 0.15) is 0 Å². The summed E-state index contributed by atoms with van der Waals surface area (Å²) in [7, 11) is -3.63. The van der Waals surface area contributed by atoms with Crippen LogP contribution in [-0.4, -0.2) is 50.5 Å². The maximum atomic E-state index is 12.4. The topological polar surface area (TPSA) is 104 Å². The summed E-state index contributed by atoms with van der Waals surface area (Å²) in [5.41, 5.74) is 1.06. The standard InChI is InChI=1S/C18H22ClN5O3S/c1-13-4-6-14(7-5-13)28(26,27)22-9-8-20-17(25)16-15(19)12-21-18(23-16)24-10-2-3-11-24/h4-7,12,22H,2-3,8-11H2,1H3,(H,20,25). The van der Waals surface area contributed by atoms with Gasteiger partial charge in [-0.2, -0.15) is 0 Å². The summed E-state index contributed by atoms with van der Waals surface area (Å²) >= 11 is 6.06. The van der Waals surface area contributed by atoms with Crippen molar-refractivity contribution in [1.82, 2.24) is 20.0 Å². The molecular formula is C18H22ClN5O3S. The summed E-state index contributed by atoms with van der Waals surface area (Å²) < 4.78 is 26.9. The van der Waals surface area contributed by atoms with Gasteiger partial charge in [0.2, 0.25) is 16.0 Å². The molecule has 1 aliphatic rings. The molecule has 1 aromatic heterocycles. The van der Waals surface area contributed by atoms with E-state index in [1.54, 1.807) is 12.1 Å². The number of anilines is 1. The molecular weight excluding hydrogens is 402 g/mol. The highest BCUT2D eigenvalue weighted by Gasteiger charge is 2.20. The van der Waals surface area contributed by atoms with E-state index >= 15 is 0 Å². The number of benzene rings is 1. The number of carbonyl (C=O) groups excluding carboxylic acids is 1. The molecule has 0 radical (unpaired) electrons. The fraction of sp³-hybridized carbons (Fsp3) is 0.389. The molecule has 0 atom stereocenters. The van der Waals surface area contributed by atoms with Gasteiger partial charge in [0, 0.05) is 26.2 Å². The summed E-state index contributed by atoms with van der Waals surface area (Å²) in [5, 5.41) is 2.79. The van der Waals surface area contributed by atoms with E-state index in [9.17, 15) is 13.2 Å². The molecule has 28 heavy (non-hydrogen) atoms. The molecule has 1 amide bonds. The Morgan fingerprint density at radius 2 is 1.86 bits per heavy atom. The minimum absolute atomic E-state index is 0.0453. The molecule has 1 saturated heterocycles. The fourth-order valence-electron chi connectivity index (χ4n) is 2.83. The Morgan fingerprint density at radius 3 is 2.54 bits per heavy atom. The molecule has 8 nitrogen and oxygen atoms in total. The number of nitrogens with one attached hydrogen (secondary N) is 2. The maximum absolute atomic E-state index is 12.4. The lowest BCUT2D eigenvalue weighted by molar-refractivity contribution is 0.0949. The van der Waals surface area contributed by atoms with Crippen LogP contribution in [0.3, 0.4) is 0 Å². The summed E-state index contributed by atoms with van der Waals surface area (Å²) in [4.78, 5) is 23.0. The summed E-state index contributed by atoms with van der Waals surface area (Å²) in [5.74, 6) is 0.00880. The van der Waals surface area contributed by atoms with Crippen LogP contribution in [-0.2, 0) is 10.0 Å². The lowest BCUT2D eigenvalue weighted by Crippen LogP contribution is -2.35. The number of hydrogen-bond acceptors (Lipinski definition) is 6. The molecule has 0 unspecified atom stereocenters. The molecule has 2 N–H and O–H groups in total. The number of sulfonamides is 1. The van der Waals surface area contributed by atoms with Gasteiger partial charge in [0.05, 0.1) is 16.1 Å². The number of nitrogens with zero attached hydrogens (tertiary/aromatic N) is 3. The number of aromatic nitrogens is 2. The Kier molecular flexibility index (Phi) is 6.48. The molecule has 3 rings (SSSR count). The third kappa shape index (κ3) is 4.98. The second kappa shape index (κ2) is 8.85. The van der Waals surface area contributed by atoms with Crippen LogP contribution < -0.4 is 14.9 Å². The number of hydrogen-bond donors (Lipinski definition) is 2. The first kappa shape index (κ1) is 20.5. The van der Waals surface area contributed by atoms with Crippen LogP contribution in [0.25, 0.3) is 0 Å². The molecule has 2 heterocycles. The van der Waals surface area contributed by atoms with E-state index < -0.39 is 15.9 Å². The molecule has 2 aromatic rings. The van der Waals surface area contributed by atoms with E-state index in [-0.39, 0.29) is 28.7 Å². The van der Waals surface area contributed by atoms with E-state index in [0.717, 1.165) is 31.5 Å². The smallest absolute Gasteiger partial charge is 0.271 e. The highest BCUT2D eigenvalue weighted by atomic mass is 35.5. The van der Waals surface area contributed by atoms with Crippen molar-refractivity contribution in [3.8, 4) is 0 Å². The van der Waals surface area contributed by atoms with Gasteiger partial charge in [-0.3, -0.25) is 4.79 Å². The maximum Gasteiger partial charge on any atom is 0.271 e. The van der Waals surface area contributed by atoms with Crippen LogP contribution in [0.5, 0.6) is 0 Å². The van der Waals surface area contributed by atoms with Crippen LogP contribution in [0.2, 0.25) is 5.02 Å². The van der Waals surface area contributed by atoms with Crippen LogP contribution in [0.1, 0.15) is 28.9 Å². The van der Waals surface area contributed by atoms with Crippen LogP contribution in [0, 0.1) is 6.92 Å². The first-order valence-corrected chi connectivity index (χ1v) is 10.8. The molecule has 1 fully saturated rings. The highest BCUT2D eigenvalue weighted by molar-refractivity contribution is 7.89. The lowest BCUT2D eigenvalue weighted by atomic mass is 10.2. The summed E-state index contributed by atoms with van der Waals surface area (Å²) in [6.07, 6.45) is 3.54. The van der Waals surface area contributed by atoms with E-state index in [1.807, 2.05) is 11.8 Å². The molecule has 0 saturated carbocycles. The van der Waals surface area contributed by atoms with Gasteiger partial charge >= 0.3 is 0 Å². The molecule has 150 valence electrons. The first-order valence-electron chi connectivity index (χ1n) is 8.99. The van der Waals surface area contributed by atoms with Crippen molar-refractivity contribution < 1.29 is 13.2 Å². The van der Waals surface area contributed by atoms with Crippen LogP contribution >= 0.6 is 11.6 Å². The van der Waals surface area contributed by atoms with Gasteiger partial charge in [-0.1, -0.05) is 29.3 Å². The number of rotatable bonds is 7. The van der Waals surface area contributed by atoms with Crippen molar-refractivity contribution in [2.45, 2.75) is 24.7 Å². The number of aryl methyl sites for hydroxylation is 1. The Labute approximate surface area is 169 Å². The van der Waals surface area contributed by atoms with Crippen LogP contribution in [0.15, 0.2) is 35.4 Å². The largest absolute Gasteiger partial charge is 0.349 e. The first-order chi connectivity index (χ1) is 13.4. The molecule has 1 aliphatic heterocycles. The van der Waals surface area contributed by atoms with Crippen LogP contribution in [0.4, 0.5) is 5.95 Å². The SMILES string of the molecule is Cc1ccc(S(=O)(=O)NCCNC(=O)c2nc(N3CCCC3)ncc2Cl)cc1. The normalized spacial score (nSPS) is 14.3. The van der Waals surface area contributed by atoms with Gasteiger partial charge in [-0.15, -0.1) is 0 Å². The Bertz CT molecular complexity index is 944. The molecule has 0 aliphatic carbocycles. The van der Waals surface area contributed by atoms with Crippen molar-refractivity contribution in [3.63, 3.8) is 0 Å². The molecule has 0 bridgehead atoms. The molecule has 1 aromatic carbocycles. The minimum atomic E-state index is -3.63. The predicted molar refractivity (Wildman–Crippen MR) is 107 cm³/mol. The summed E-state index contributed by atoms with van der Waals surface area (Å²) in [6, 6.07) is 6.53. The third-order valence-electron chi connectivity index (χ3n) is 4.37. The predicted octanol–water partition coefficient (Wildman–Crippen LogP) is 1.75. The zero-order valence-electron chi connectivity index (χ0n) is 15.5. The van der Waals surface area contributed by atoms with E-state index in [2.05, 4.69) is 20.0 Å². The Hall–Kier alpha value is -2.23. The monoisotopic (exact) mass is 423 g/mol. The highest BCUT2D eigenvalue weighted by Crippen LogP contribution is 2.19. The van der Waals surface area contributed by atoms with Gasteiger partial charge in [0.25, 0.3) is 5.91 Å². The Balaban J connectivity index is 1.55. The molecule has 0 spiro atoms. The third-order valence-corrected chi connectivity index (χ3v) is 6.12. The zero-order valence-corrected chi connectivity index (χ0v) is 17.1. The van der Waals surface area contributed by atoms with Gasteiger partial charge < -0.3 is 10.2 Å². The average molecular weight is 424 g/mol. The van der Waals surface area contributed by atoms with Gasteiger partial charge in [-0.05, 0) is 31.9 Å². The fourth-order valence-corrected chi connectivity index (χ4v) is 4.04. The number of halogens is 1. The minimum Gasteiger partial charge on any atom is -0.349 e. The van der Waals surface area contributed by atoms with Gasteiger partial charge in [-0.25, -0.2) is 23.1 Å². The molecule has 10 heteroatoms. The lowest BCUT2D eigenvalue weighted by Gasteiger charge is -2.16. The van der Waals surface area contributed by atoms with E-state index in [0.29, 0.717) is 5.95 Å². The van der Waals surface area contributed by atoms with Gasteiger partial charge in [0.15, 0.2) is 5.69 Å². The second-order valence-corrected chi connectivity index (χ2v) is 8.70. The average Bonchev–Trinajstić information content (AvgIpc) is 3.20. The second-order valence-electron chi connectivity index (χ2n) is 6.53. The Morgan fingerprint density at radius 1 is 1.18 bits per heavy atom. The summed E-state index contributed by atoms with van der Waals surface area (Å²) in [6.45, 7) is 3.73. The zero-order chi connectivity index (χ0) is 20.1. The van der Waals surface area contributed by atoms with Crippen molar-refractivity contribution in [2.75, 3.05) is 31.1 Å². The number of amides is 1. The van der Waals surface area contributed by atoms with E-state index in [1.165, 1.54) is 18.3 Å². The van der Waals surface area contributed by atoms with Crippen molar-refractivity contribution in [3.05, 3.63) is 46.7 Å². The van der Waals surface area contributed by atoms with Crippen molar-refractivity contribution in [2.24, 2.45) is 0 Å². The van der Waals surface area contributed by atoms with E-state index in [4.69, 9.17) is 11.6 Å². The number of carbonyl (C=O) groups is 1.